The highest BCUT2D eigenvalue weighted by molar-refractivity contribution is 5.95. The number of carbonyl (C=O) groups is 1. The van der Waals surface area contributed by atoms with E-state index in [9.17, 15) is 9.18 Å². The number of aromatic nitrogens is 1. The number of nitrogens with zero attached hydrogens (tertiary/aromatic N) is 2. The molecule has 1 aliphatic rings. The Morgan fingerprint density at radius 3 is 2.73 bits per heavy atom. The Labute approximate surface area is 127 Å². The number of nitrogens with two attached hydrogens (primary N) is 2. The maximum atomic E-state index is 14.0. The van der Waals surface area contributed by atoms with E-state index in [1.54, 1.807) is 0 Å². The lowest BCUT2D eigenvalue weighted by atomic mass is 9.74. The van der Waals surface area contributed by atoms with Gasteiger partial charge in [0, 0.05) is 12.4 Å². The topological polar surface area (TPSA) is 106 Å². The molecule has 0 bridgehead atoms. The van der Waals surface area contributed by atoms with E-state index in [0.717, 1.165) is 6.42 Å². The van der Waals surface area contributed by atoms with Gasteiger partial charge in [-0.15, -0.1) is 0 Å². The monoisotopic (exact) mass is 303 g/mol. The van der Waals surface area contributed by atoms with Gasteiger partial charge in [-0.2, -0.15) is 0 Å². The van der Waals surface area contributed by atoms with Gasteiger partial charge < -0.3 is 16.8 Å². The number of primary amides is 1. The van der Waals surface area contributed by atoms with Gasteiger partial charge in [0.15, 0.2) is 5.96 Å². The molecule has 0 atom stereocenters. The largest absolute Gasteiger partial charge is 0.370 e. The summed E-state index contributed by atoms with van der Waals surface area (Å²) in [5, 5.41) is 2.67. The minimum atomic E-state index is -0.753. The van der Waals surface area contributed by atoms with Crippen molar-refractivity contribution in [1.82, 2.24) is 10.3 Å². The van der Waals surface area contributed by atoms with Crippen molar-refractivity contribution in [3.63, 3.8) is 0 Å². The van der Waals surface area contributed by atoms with Crippen LogP contribution in [0.5, 0.6) is 0 Å². The van der Waals surface area contributed by atoms with Crippen LogP contribution in [0.1, 0.15) is 25.0 Å². The van der Waals surface area contributed by atoms with Crippen molar-refractivity contribution in [2.24, 2.45) is 16.5 Å². The molecule has 0 unspecified atom stereocenters. The van der Waals surface area contributed by atoms with Crippen LogP contribution in [-0.2, 0) is 10.3 Å². The van der Waals surface area contributed by atoms with E-state index in [1.165, 1.54) is 30.6 Å². The summed E-state index contributed by atoms with van der Waals surface area (Å²) in [6, 6.07) is 2.88. The number of carbonyl (C=O) groups excluding carboxylic acids is 1. The minimum Gasteiger partial charge on any atom is -0.370 e. The molecule has 22 heavy (non-hydrogen) atoms. The van der Waals surface area contributed by atoms with Gasteiger partial charge in [0.2, 0.25) is 5.91 Å². The van der Waals surface area contributed by atoms with Crippen molar-refractivity contribution in [2.45, 2.75) is 24.8 Å². The van der Waals surface area contributed by atoms with Crippen LogP contribution in [0.4, 0.5) is 4.39 Å². The predicted molar refractivity (Wildman–Crippen MR) is 82.0 cm³/mol. The third-order valence-corrected chi connectivity index (χ3v) is 3.59. The number of hydrogen-bond donors (Lipinski definition) is 3. The first-order valence-corrected chi connectivity index (χ1v) is 6.84. The minimum absolute atomic E-state index is 0.0605. The van der Waals surface area contributed by atoms with Crippen LogP contribution in [0.15, 0.2) is 47.7 Å². The van der Waals surface area contributed by atoms with E-state index in [4.69, 9.17) is 11.5 Å². The lowest BCUT2D eigenvalue weighted by Crippen LogP contribution is -2.39. The molecule has 7 heteroatoms. The number of amides is 1. The van der Waals surface area contributed by atoms with Crippen LogP contribution in [-0.4, -0.2) is 16.9 Å². The Bertz CT molecular complexity index is 649. The average Bonchev–Trinajstić information content (AvgIpc) is 2.44. The number of nitrogens with one attached hydrogen (secondary N) is 1. The molecule has 1 aliphatic carbocycles. The van der Waals surface area contributed by atoms with Gasteiger partial charge in [-0.1, -0.05) is 12.7 Å². The number of guanidine groups is 1. The third-order valence-electron chi connectivity index (χ3n) is 3.59. The summed E-state index contributed by atoms with van der Waals surface area (Å²) < 4.78 is 14.0. The lowest BCUT2D eigenvalue weighted by molar-refractivity contribution is -0.114. The van der Waals surface area contributed by atoms with Gasteiger partial charge in [0.05, 0.1) is 5.57 Å². The second-order valence-electron chi connectivity index (χ2n) is 5.03. The first kappa shape index (κ1) is 15.7. The second kappa shape index (κ2) is 6.38. The van der Waals surface area contributed by atoms with Crippen LogP contribution in [0.25, 0.3) is 0 Å². The fourth-order valence-corrected chi connectivity index (χ4v) is 2.29. The molecule has 0 aromatic carbocycles. The molecule has 0 radical (unpaired) electrons. The highest BCUT2D eigenvalue weighted by Crippen LogP contribution is 2.44. The van der Waals surface area contributed by atoms with Crippen molar-refractivity contribution in [3.05, 3.63) is 54.3 Å². The zero-order valence-corrected chi connectivity index (χ0v) is 12.1. The third kappa shape index (κ3) is 3.13. The summed E-state index contributed by atoms with van der Waals surface area (Å²) >= 11 is 0. The summed E-state index contributed by atoms with van der Waals surface area (Å²) in [4.78, 5) is 19.5. The van der Waals surface area contributed by atoms with Crippen molar-refractivity contribution >= 4 is 11.9 Å². The standard InChI is InChI=1S/C15H18FN5O/c1-2-10(13(17)22)9-20-14(18)21-15(6-4-7-15)12-11(16)5-3-8-19-12/h2-3,5,8-9H,1,4,6-7H2,(H2,17,22)(H3,18,20,21)/b10-9+. The van der Waals surface area contributed by atoms with Crippen LogP contribution in [0.3, 0.4) is 0 Å². The van der Waals surface area contributed by atoms with E-state index in [-0.39, 0.29) is 17.2 Å². The second-order valence-corrected chi connectivity index (χ2v) is 5.03. The maximum absolute atomic E-state index is 14.0. The molecule has 1 aromatic rings. The Morgan fingerprint density at radius 1 is 1.50 bits per heavy atom. The smallest absolute Gasteiger partial charge is 0.250 e. The number of hydrogen-bond acceptors (Lipinski definition) is 3. The molecule has 1 saturated carbocycles. The number of aliphatic imine (C=N–C) groups is 1. The number of rotatable bonds is 5. The molecule has 0 spiro atoms. The molecule has 0 aliphatic heterocycles. The molecule has 116 valence electrons. The lowest BCUT2D eigenvalue weighted by Gasteiger charge is -2.37. The van der Waals surface area contributed by atoms with Crippen LogP contribution >= 0.6 is 0 Å². The fraction of sp³-hybridized carbons (Fsp3) is 0.267. The van der Waals surface area contributed by atoms with E-state index >= 15 is 0 Å². The molecule has 1 fully saturated rings. The molecule has 1 amide bonds. The van der Waals surface area contributed by atoms with Gasteiger partial charge in [-0.3, -0.25) is 9.78 Å². The number of halogens is 1. The highest BCUT2D eigenvalue weighted by Gasteiger charge is 2.42. The van der Waals surface area contributed by atoms with E-state index < -0.39 is 17.3 Å². The van der Waals surface area contributed by atoms with Gasteiger partial charge in [-0.05, 0) is 31.4 Å². The van der Waals surface area contributed by atoms with Crippen molar-refractivity contribution in [3.8, 4) is 0 Å². The molecular formula is C15H18FN5O. The Balaban J connectivity index is 2.24. The summed E-state index contributed by atoms with van der Waals surface area (Å²) in [6.07, 6.45) is 6.39. The Hall–Kier alpha value is -2.70. The van der Waals surface area contributed by atoms with E-state index in [1.807, 2.05) is 0 Å². The first-order valence-electron chi connectivity index (χ1n) is 6.84. The summed E-state index contributed by atoms with van der Waals surface area (Å²) in [7, 11) is 0. The maximum Gasteiger partial charge on any atom is 0.250 e. The van der Waals surface area contributed by atoms with Crippen LogP contribution < -0.4 is 16.8 Å². The van der Waals surface area contributed by atoms with E-state index in [0.29, 0.717) is 12.8 Å². The quantitative estimate of drug-likeness (QED) is 0.327. The zero-order chi connectivity index (χ0) is 16.2. The highest BCUT2D eigenvalue weighted by atomic mass is 19.1. The SMILES string of the molecule is C=C/C(=C\NC(N)=NC1(c2ncccc2F)CCC1)C(N)=O. The molecule has 1 aromatic heterocycles. The fourth-order valence-electron chi connectivity index (χ4n) is 2.29. The Kier molecular flexibility index (Phi) is 4.55. The summed E-state index contributed by atoms with van der Waals surface area (Å²) in [5.74, 6) is -0.979. The molecular weight excluding hydrogens is 285 g/mol. The zero-order valence-electron chi connectivity index (χ0n) is 12.1. The normalized spacial score (nSPS) is 17.5. The molecule has 5 N–H and O–H groups in total. The average molecular weight is 303 g/mol. The molecule has 2 rings (SSSR count). The first-order chi connectivity index (χ1) is 10.5. The van der Waals surface area contributed by atoms with Crippen molar-refractivity contribution < 1.29 is 9.18 Å². The van der Waals surface area contributed by atoms with Gasteiger partial charge in [-0.25, -0.2) is 9.38 Å². The summed E-state index contributed by atoms with van der Waals surface area (Å²) in [6.45, 7) is 3.47. The Morgan fingerprint density at radius 2 is 2.23 bits per heavy atom. The summed E-state index contributed by atoms with van der Waals surface area (Å²) in [5.41, 5.74) is 10.7. The van der Waals surface area contributed by atoms with Crippen molar-refractivity contribution in [2.75, 3.05) is 0 Å². The van der Waals surface area contributed by atoms with E-state index in [2.05, 4.69) is 21.9 Å². The molecule has 0 saturated heterocycles. The van der Waals surface area contributed by atoms with Crippen molar-refractivity contribution in [1.29, 1.82) is 0 Å². The number of pyridine rings is 1. The molecule has 6 nitrogen and oxygen atoms in total. The van der Waals surface area contributed by atoms with Gasteiger partial charge in [0.25, 0.3) is 0 Å². The van der Waals surface area contributed by atoms with Gasteiger partial charge in [0.1, 0.15) is 17.1 Å². The van der Waals surface area contributed by atoms with Gasteiger partial charge >= 0.3 is 0 Å². The molecule has 1 heterocycles. The van der Waals surface area contributed by atoms with Crippen LogP contribution in [0.2, 0.25) is 0 Å². The predicted octanol–water partition coefficient (Wildman–Crippen LogP) is 1.06. The van der Waals surface area contributed by atoms with Crippen LogP contribution in [0, 0.1) is 5.82 Å².